The minimum atomic E-state index is -1.01. The van der Waals surface area contributed by atoms with Gasteiger partial charge in [0.1, 0.15) is 11.2 Å². The number of hydrogen-bond donors (Lipinski definition) is 0. The fraction of sp³-hybridized carbons (Fsp3) is 0.857. The van der Waals surface area contributed by atoms with Crippen molar-refractivity contribution in [3.8, 4) is 0 Å². The molecule has 0 aliphatic heterocycles. The van der Waals surface area contributed by atoms with E-state index in [2.05, 4.69) is 19.1 Å². The monoisotopic (exact) mass is 466 g/mol. The van der Waals surface area contributed by atoms with Crippen LogP contribution >= 0.6 is 0 Å². The Balaban J connectivity index is 0. The third kappa shape index (κ3) is 13.2. The Morgan fingerprint density at radius 1 is 0.719 bits per heavy atom. The first-order valence-electron chi connectivity index (χ1n) is 13.1. The van der Waals surface area contributed by atoms with Crippen LogP contribution in [0, 0.1) is 17.3 Å². The summed E-state index contributed by atoms with van der Waals surface area (Å²) in [5, 5.41) is 0. The van der Waals surface area contributed by atoms with Gasteiger partial charge < -0.3 is 4.74 Å². The van der Waals surface area contributed by atoms with Gasteiger partial charge in [0.15, 0.2) is 17.4 Å². The van der Waals surface area contributed by atoms with E-state index < -0.39 is 5.41 Å². The SMILES string of the molecule is CCCCCCCC/C=C\CCCCCCCCOC(=O)C(C(C)=O)(C(C)C)C(C)C.[AlH3]. The Morgan fingerprint density at radius 3 is 1.53 bits per heavy atom. The summed E-state index contributed by atoms with van der Waals surface area (Å²) in [4.78, 5) is 25.0. The lowest BCUT2D eigenvalue weighted by Gasteiger charge is -2.36. The zero-order valence-electron chi connectivity index (χ0n) is 21.6. The average molecular weight is 467 g/mol. The molecule has 0 aliphatic rings. The molecule has 0 heterocycles. The standard InChI is InChI=1S/C28H52O3.Al.3H/c1-7-8-9-10-11-12-13-14-15-16-17-18-19-20-21-22-23-31-27(30)28(24(2)3,25(4)5)26(6)29;;;;/h14-15,24-25H,7-13,16-23H2,1-6H3;;;;/b15-14-;;;;. The lowest BCUT2D eigenvalue weighted by atomic mass is 9.66. The predicted molar refractivity (Wildman–Crippen MR) is 143 cm³/mol. The molecule has 0 aromatic heterocycles. The van der Waals surface area contributed by atoms with Crippen molar-refractivity contribution < 1.29 is 14.3 Å². The molecule has 0 aromatic carbocycles. The van der Waals surface area contributed by atoms with Gasteiger partial charge in [-0.2, -0.15) is 0 Å². The van der Waals surface area contributed by atoms with Crippen LogP contribution in [0.4, 0.5) is 0 Å². The molecule has 3 nitrogen and oxygen atoms in total. The van der Waals surface area contributed by atoms with Crippen LogP contribution in [0.5, 0.6) is 0 Å². The lowest BCUT2D eigenvalue weighted by molar-refractivity contribution is -0.167. The van der Waals surface area contributed by atoms with Gasteiger partial charge in [0, 0.05) is 0 Å². The van der Waals surface area contributed by atoms with E-state index in [0.29, 0.717) is 6.61 Å². The quantitative estimate of drug-likeness (QED) is 0.0623. The van der Waals surface area contributed by atoms with E-state index in [1.54, 1.807) is 0 Å². The molecule has 0 fully saturated rings. The number of hydrogen-bond acceptors (Lipinski definition) is 3. The number of unbranched alkanes of at least 4 members (excludes halogenated alkanes) is 12. The molecule has 0 aliphatic carbocycles. The highest BCUT2D eigenvalue weighted by atomic mass is 27.0. The number of ketones is 1. The zero-order valence-corrected chi connectivity index (χ0v) is 21.6. The van der Waals surface area contributed by atoms with E-state index in [9.17, 15) is 9.59 Å². The molecule has 0 radical (unpaired) electrons. The molecule has 188 valence electrons. The maximum absolute atomic E-state index is 12.7. The summed E-state index contributed by atoms with van der Waals surface area (Å²) in [6.45, 7) is 12.0. The Morgan fingerprint density at radius 2 is 1.12 bits per heavy atom. The summed E-state index contributed by atoms with van der Waals surface area (Å²) < 4.78 is 5.54. The molecule has 0 unspecified atom stereocenters. The van der Waals surface area contributed by atoms with Gasteiger partial charge in [0.2, 0.25) is 0 Å². The van der Waals surface area contributed by atoms with Crippen LogP contribution in [0.15, 0.2) is 12.2 Å². The molecule has 0 amide bonds. The van der Waals surface area contributed by atoms with Crippen LogP contribution in [-0.4, -0.2) is 35.7 Å². The number of esters is 1. The summed E-state index contributed by atoms with van der Waals surface area (Å²) in [6.07, 6.45) is 22.3. The van der Waals surface area contributed by atoms with Crippen molar-refractivity contribution in [2.24, 2.45) is 17.3 Å². The molecule has 0 aromatic rings. The molecule has 0 rings (SSSR count). The number of ether oxygens (including phenoxy) is 1. The highest BCUT2D eigenvalue weighted by molar-refractivity contribution is 6.03. The van der Waals surface area contributed by atoms with Gasteiger partial charge in [-0.15, -0.1) is 0 Å². The second-order valence-electron chi connectivity index (χ2n) is 9.81. The second-order valence-corrected chi connectivity index (χ2v) is 9.81. The third-order valence-corrected chi connectivity index (χ3v) is 6.63. The maximum Gasteiger partial charge on any atom is 0.320 e. The lowest BCUT2D eigenvalue weighted by Crippen LogP contribution is -2.48. The van der Waals surface area contributed by atoms with Gasteiger partial charge in [-0.1, -0.05) is 105 Å². The van der Waals surface area contributed by atoms with E-state index in [1.807, 2.05) is 27.7 Å². The van der Waals surface area contributed by atoms with Gasteiger partial charge in [-0.05, 0) is 50.9 Å². The number of carbonyl (C=O) groups is 2. The van der Waals surface area contributed by atoms with Crippen molar-refractivity contribution in [1.82, 2.24) is 0 Å². The summed E-state index contributed by atoms with van der Waals surface area (Å²) in [6, 6.07) is 0. The fourth-order valence-electron chi connectivity index (χ4n) is 4.73. The second kappa shape index (κ2) is 21.0. The van der Waals surface area contributed by atoms with E-state index in [1.165, 1.54) is 84.0 Å². The molecule has 0 atom stereocenters. The smallest absolute Gasteiger partial charge is 0.320 e. The van der Waals surface area contributed by atoms with Crippen LogP contribution < -0.4 is 0 Å². The Labute approximate surface area is 210 Å². The van der Waals surface area contributed by atoms with Crippen LogP contribution in [-0.2, 0) is 14.3 Å². The highest BCUT2D eigenvalue weighted by Gasteiger charge is 2.50. The highest BCUT2D eigenvalue weighted by Crippen LogP contribution is 2.38. The topological polar surface area (TPSA) is 43.4 Å². The predicted octanol–water partition coefficient (Wildman–Crippen LogP) is 7.27. The molecule has 0 saturated heterocycles. The normalized spacial score (nSPS) is 11.9. The van der Waals surface area contributed by atoms with Crippen molar-refractivity contribution in [3.05, 3.63) is 12.2 Å². The van der Waals surface area contributed by atoms with Crippen LogP contribution in [0.25, 0.3) is 0 Å². The summed E-state index contributed by atoms with van der Waals surface area (Å²) in [5.41, 5.74) is -1.01. The molecule has 0 N–H and O–H groups in total. The molecule has 32 heavy (non-hydrogen) atoms. The number of rotatable bonds is 20. The first-order valence-corrected chi connectivity index (χ1v) is 13.1. The minimum Gasteiger partial charge on any atom is -0.465 e. The molecule has 0 bridgehead atoms. The Kier molecular flexibility index (Phi) is 22.0. The van der Waals surface area contributed by atoms with Gasteiger partial charge in [0.05, 0.1) is 6.61 Å². The van der Waals surface area contributed by atoms with Crippen molar-refractivity contribution in [2.45, 2.75) is 131 Å². The van der Waals surface area contributed by atoms with Crippen LogP contribution in [0.2, 0.25) is 0 Å². The summed E-state index contributed by atoms with van der Waals surface area (Å²) >= 11 is 0. The number of carbonyl (C=O) groups excluding carboxylic acids is 2. The van der Waals surface area contributed by atoms with Crippen molar-refractivity contribution >= 4 is 29.1 Å². The average Bonchev–Trinajstić information content (AvgIpc) is 2.69. The van der Waals surface area contributed by atoms with Gasteiger partial charge >= 0.3 is 5.97 Å². The van der Waals surface area contributed by atoms with E-state index in [0.717, 1.165) is 12.8 Å². The molecule has 4 heteroatoms. The maximum atomic E-state index is 12.7. The largest absolute Gasteiger partial charge is 0.465 e. The Hall–Kier alpha value is -0.588. The van der Waals surface area contributed by atoms with Gasteiger partial charge in [-0.25, -0.2) is 0 Å². The van der Waals surface area contributed by atoms with Crippen molar-refractivity contribution in [3.63, 3.8) is 0 Å². The number of allylic oxidation sites excluding steroid dienone is 2. The zero-order chi connectivity index (χ0) is 23.5. The first kappa shape index (κ1) is 33.6. The molecular formula is C28H55AlO3. The fourth-order valence-corrected chi connectivity index (χ4v) is 4.73. The minimum absolute atomic E-state index is 0. The third-order valence-electron chi connectivity index (χ3n) is 6.63. The Bertz CT molecular complexity index is 489. The van der Waals surface area contributed by atoms with Crippen molar-refractivity contribution in [2.75, 3.05) is 6.61 Å². The molecular weight excluding hydrogens is 411 g/mol. The molecule has 0 spiro atoms. The summed E-state index contributed by atoms with van der Waals surface area (Å²) in [7, 11) is 0. The van der Waals surface area contributed by atoms with E-state index in [-0.39, 0.29) is 40.9 Å². The number of Topliss-reactive ketones (excluding diaryl/α,β-unsaturated/α-hetero) is 1. The summed E-state index contributed by atoms with van der Waals surface area (Å²) in [5.74, 6) is -0.532. The van der Waals surface area contributed by atoms with Gasteiger partial charge in [-0.3, -0.25) is 9.59 Å². The molecule has 0 saturated carbocycles. The first-order chi connectivity index (χ1) is 14.8. The van der Waals surface area contributed by atoms with E-state index in [4.69, 9.17) is 4.74 Å². The van der Waals surface area contributed by atoms with Crippen LogP contribution in [0.1, 0.15) is 131 Å². The van der Waals surface area contributed by atoms with Gasteiger partial charge in [0.25, 0.3) is 0 Å². The van der Waals surface area contributed by atoms with Crippen LogP contribution in [0.3, 0.4) is 0 Å². The van der Waals surface area contributed by atoms with Crippen molar-refractivity contribution in [1.29, 1.82) is 0 Å². The van der Waals surface area contributed by atoms with E-state index >= 15 is 0 Å².